The van der Waals surface area contributed by atoms with Crippen molar-refractivity contribution < 1.29 is 14.3 Å². The first-order valence-corrected chi connectivity index (χ1v) is 10.0. The number of thiazole rings is 1. The van der Waals surface area contributed by atoms with Crippen LogP contribution in [0.5, 0.6) is 0 Å². The van der Waals surface area contributed by atoms with Crippen LogP contribution in [0.4, 0.5) is 17.1 Å². The van der Waals surface area contributed by atoms with Crippen molar-refractivity contribution in [2.24, 2.45) is 0 Å². The van der Waals surface area contributed by atoms with Gasteiger partial charge in [-0.25, -0.2) is 9.78 Å². The van der Waals surface area contributed by atoms with E-state index >= 15 is 0 Å². The Kier molecular flexibility index (Phi) is 5.62. The predicted molar refractivity (Wildman–Crippen MR) is 121 cm³/mol. The van der Waals surface area contributed by atoms with Crippen molar-refractivity contribution in [3.63, 3.8) is 0 Å². The molecule has 11 nitrogen and oxygen atoms in total. The van der Waals surface area contributed by atoms with E-state index in [4.69, 9.17) is 4.42 Å². The maximum absolute atomic E-state index is 12.4. The van der Waals surface area contributed by atoms with Gasteiger partial charge in [-0.1, -0.05) is 6.07 Å². The number of allylic oxidation sites excluding steroid dienone is 1. The molecule has 0 aliphatic carbocycles. The predicted octanol–water partition coefficient (Wildman–Crippen LogP) is 4.71. The summed E-state index contributed by atoms with van der Waals surface area (Å²) in [6, 6.07) is 13.1. The maximum Gasteiger partial charge on any atom is 0.345 e. The number of fused-ring (bicyclic) bond motifs is 1. The minimum atomic E-state index is -0.676. The van der Waals surface area contributed by atoms with E-state index in [9.17, 15) is 30.3 Å². The Bertz CT molecular complexity index is 1550. The summed E-state index contributed by atoms with van der Waals surface area (Å²) in [7, 11) is 0. The molecule has 0 unspecified atom stereocenters. The third-order valence-electron chi connectivity index (χ3n) is 4.50. The Morgan fingerprint density at radius 3 is 2.61 bits per heavy atom. The topological polar surface area (TPSA) is 165 Å². The second kappa shape index (κ2) is 8.69. The quantitative estimate of drug-likeness (QED) is 0.185. The van der Waals surface area contributed by atoms with Crippen LogP contribution in [0.3, 0.4) is 0 Å². The lowest BCUT2D eigenvalue weighted by Gasteiger charge is -2.01. The number of benzene rings is 2. The average molecular weight is 461 g/mol. The highest BCUT2D eigenvalue weighted by Crippen LogP contribution is 2.28. The summed E-state index contributed by atoms with van der Waals surface area (Å²) in [6.07, 6.45) is 1.36. The molecule has 0 fully saturated rings. The highest BCUT2D eigenvalue weighted by Gasteiger charge is 2.15. The molecular formula is C21H11N5O6S. The van der Waals surface area contributed by atoms with Crippen LogP contribution in [0.15, 0.2) is 69.3 Å². The van der Waals surface area contributed by atoms with Crippen LogP contribution in [0.1, 0.15) is 5.01 Å². The first-order chi connectivity index (χ1) is 15.9. The summed E-state index contributed by atoms with van der Waals surface area (Å²) < 4.78 is 5.25. The van der Waals surface area contributed by atoms with Gasteiger partial charge >= 0.3 is 5.63 Å². The number of nitriles is 1. The summed E-state index contributed by atoms with van der Waals surface area (Å²) in [5.41, 5.74) is 0.149. The Hall–Kier alpha value is -4.89. The Morgan fingerprint density at radius 1 is 1.12 bits per heavy atom. The molecule has 2 aromatic carbocycles. The van der Waals surface area contributed by atoms with Gasteiger partial charge in [-0.3, -0.25) is 20.2 Å². The summed E-state index contributed by atoms with van der Waals surface area (Å²) in [5.74, 6) is 0. The number of nitro benzene ring substituents is 2. The molecule has 162 valence electrons. The number of nitro groups is 2. The molecule has 0 spiro atoms. The summed E-state index contributed by atoms with van der Waals surface area (Å²) >= 11 is 1.10. The molecule has 0 amide bonds. The van der Waals surface area contributed by atoms with E-state index in [-0.39, 0.29) is 33.8 Å². The fraction of sp³-hybridized carbons (Fsp3) is 0. The third kappa shape index (κ3) is 4.43. The monoisotopic (exact) mass is 461 g/mol. The molecule has 0 aliphatic rings. The second-order valence-corrected chi connectivity index (χ2v) is 7.44. The summed E-state index contributed by atoms with van der Waals surface area (Å²) in [4.78, 5) is 37.6. The zero-order chi connectivity index (χ0) is 23.5. The minimum absolute atomic E-state index is 0.0921. The van der Waals surface area contributed by atoms with Gasteiger partial charge < -0.3 is 9.73 Å². The molecule has 12 heteroatoms. The zero-order valence-electron chi connectivity index (χ0n) is 16.4. The molecule has 0 saturated heterocycles. The van der Waals surface area contributed by atoms with Gasteiger partial charge in [0, 0.05) is 46.9 Å². The molecule has 0 atom stereocenters. The van der Waals surface area contributed by atoms with Crippen molar-refractivity contribution in [3.8, 4) is 17.3 Å². The Morgan fingerprint density at radius 2 is 1.88 bits per heavy atom. The molecule has 1 N–H and O–H groups in total. The molecule has 0 radical (unpaired) electrons. The molecule has 0 aliphatic heterocycles. The zero-order valence-corrected chi connectivity index (χ0v) is 17.2. The van der Waals surface area contributed by atoms with E-state index in [0.717, 1.165) is 11.3 Å². The number of non-ortho nitro benzene ring substituents is 2. The molecule has 0 saturated carbocycles. The third-order valence-corrected chi connectivity index (χ3v) is 5.37. The van der Waals surface area contributed by atoms with E-state index in [1.807, 2.05) is 6.07 Å². The lowest BCUT2D eigenvalue weighted by atomic mass is 10.1. The molecule has 2 aromatic heterocycles. The van der Waals surface area contributed by atoms with E-state index in [0.29, 0.717) is 16.1 Å². The molecule has 4 aromatic rings. The number of aromatic nitrogens is 1. The second-order valence-electron chi connectivity index (χ2n) is 6.59. The van der Waals surface area contributed by atoms with Crippen LogP contribution in [-0.4, -0.2) is 14.8 Å². The Balaban J connectivity index is 1.66. The highest BCUT2D eigenvalue weighted by atomic mass is 32.1. The molecule has 2 heterocycles. The fourth-order valence-electron chi connectivity index (χ4n) is 2.93. The van der Waals surface area contributed by atoms with Crippen molar-refractivity contribution in [1.82, 2.24) is 4.98 Å². The van der Waals surface area contributed by atoms with Crippen LogP contribution in [0.25, 0.3) is 27.8 Å². The molecule has 0 bridgehead atoms. The average Bonchev–Trinajstić information content (AvgIpc) is 3.28. The van der Waals surface area contributed by atoms with Gasteiger partial charge in [0.25, 0.3) is 11.4 Å². The van der Waals surface area contributed by atoms with Gasteiger partial charge in [0.1, 0.15) is 22.2 Å². The van der Waals surface area contributed by atoms with E-state index < -0.39 is 15.5 Å². The normalized spacial score (nSPS) is 11.2. The first kappa shape index (κ1) is 21.3. The largest absolute Gasteiger partial charge is 0.422 e. The molecular weight excluding hydrogens is 450 g/mol. The molecule has 4 rings (SSSR count). The van der Waals surface area contributed by atoms with Gasteiger partial charge in [-0.15, -0.1) is 11.3 Å². The van der Waals surface area contributed by atoms with Crippen LogP contribution in [0, 0.1) is 31.6 Å². The summed E-state index contributed by atoms with van der Waals surface area (Å²) in [6.45, 7) is 0. The number of nitrogens with zero attached hydrogens (tertiary/aromatic N) is 4. The Labute approximate surface area is 188 Å². The van der Waals surface area contributed by atoms with E-state index in [1.54, 1.807) is 11.4 Å². The van der Waals surface area contributed by atoms with Crippen molar-refractivity contribution in [2.75, 3.05) is 5.32 Å². The van der Waals surface area contributed by atoms with Crippen LogP contribution >= 0.6 is 11.3 Å². The lowest BCUT2D eigenvalue weighted by molar-refractivity contribution is -0.384. The number of hydrogen-bond acceptors (Lipinski definition) is 10. The number of anilines is 1. The van der Waals surface area contributed by atoms with Crippen molar-refractivity contribution in [3.05, 3.63) is 95.8 Å². The number of rotatable bonds is 6. The van der Waals surface area contributed by atoms with Gasteiger partial charge in [0.2, 0.25) is 0 Å². The van der Waals surface area contributed by atoms with Gasteiger partial charge in [0.15, 0.2) is 0 Å². The van der Waals surface area contributed by atoms with E-state index in [2.05, 4.69) is 10.3 Å². The van der Waals surface area contributed by atoms with Gasteiger partial charge in [-0.2, -0.15) is 5.26 Å². The number of nitrogens with one attached hydrogen (secondary N) is 1. The van der Waals surface area contributed by atoms with Crippen molar-refractivity contribution >= 4 is 44.9 Å². The van der Waals surface area contributed by atoms with Crippen molar-refractivity contribution in [2.45, 2.75) is 0 Å². The minimum Gasteiger partial charge on any atom is -0.422 e. The lowest BCUT2D eigenvalue weighted by Crippen LogP contribution is -2.03. The van der Waals surface area contributed by atoms with E-state index in [1.165, 1.54) is 48.7 Å². The summed E-state index contributed by atoms with van der Waals surface area (Å²) in [5, 5.41) is 36.5. The van der Waals surface area contributed by atoms with Crippen molar-refractivity contribution in [1.29, 1.82) is 5.26 Å². The standard InChI is InChI=1S/C21H11N5O6S/c22-9-13(10-23-14-2-1-3-15(8-14)25(28)29)20-24-18(11-33-20)17-7-12-6-16(26(30)31)4-5-19(12)32-21(17)27/h1-8,10-11,23H. The first-order valence-electron chi connectivity index (χ1n) is 9.15. The fourth-order valence-corrected chi connectivity index (χ4v) is 3.72. The SMILES string of the molecule is N#CC(=CNc1cccc([N+](=O)[O-])c1)c1nc(-c2cc3cc([N+](=O)[O-])ccc3oc2=O)cs1. The highest BCUT2D eigenvalue weighted by molar-refractivity contribution is 7.11. The van der Waals surface area contributed by atoms with Crippen LogP contribution in [0.2, 0.25) is 0 Å². The number of hydrogen-bond donors (Lipinski definition) is 1. The maximum atomic E-state index is 12.4. The van der Waals surface area contributed by atoms with Gasteiger partial charge in [-0.05, 0) is 18.2 Å². The van der Waals surface area contributed by atoms with Crippen LogP contribution < -0.4 is 10.9 Å². The van der Waals surface area contributed by atoms with Crippen LogP contribution in [-0.2, 0) is 0 Å². The van der Waals surface area contributed by atoms with Gasteiger partial charge in [0.05, 0.1) is 21.1 Å². The molecule has 33 heavy (non-hydrogen) atoms. The smallest absolute Gasteiger partial charge is 0.345 e.